The van der Waals surface area contributed by atoms with Gasteiger partial charge in [0.1, 0.15) is 25.9 Å². The van der Waals surface area contributed by atoms with Gasteiger partial charge in [-0.3, -0.25) is 19.7 Å². The molecule has 18 heteroatoms. The second-order valence-electron chi connectivity index (χ2n) is 11.4. The molecular formula is C32H35Cl3N2O13. The van der Waals surface area contributed by atoms with E-state index in [-0.39, 0.29) is 12.5 Å². The van der Waals surface area contributed by atoms with Crippen LogP contribution < -0.4 is 10.6 Å². The van der Waals surface area contributed by atoms with Crippen LogP contribution in [0.4, 0.5) is 9.59 Å². The van der Waals surface area contributed by atoms with Crippen LogP contribution in [-0.4, -0.2) is 100 Å². The highest BCUT2D eigenvalue weighted by Crippen LogP contribution is 2.45. The van der Waals surface area contributed by atoms with Gasteiger partial charge in [0.15, 0.2) is 12.2 Å². The Balaban J connectivity index is 1.56. The standard InChI is InChI=1S/C32H35Cl3N2O13/c1-17(38)45-15-25-26(48-18(2)39)27(49-19(3)40)32(44,37-29(42)47-16-31(33,34)35)30(43,50-25)12-13-36-28(41)46-14-24-22-10-6-4-8-20(22)21-9-5-7-11-23(21)24/h4-11,24-27,43-44H,12-16H2,1-3H3,(H,36,41)(H,37,42)/t25-,26+,27+,30-,32?/m1/s1. The fourth-order valence-corrected chi connectivity index (χ4v) is 5.96. The van der Waals surface area contributed by atoms with Gasteiger partial charge in [0.2, 0.25) is 15.3 Å². The zero-order valence-corrected chi connectivity index (χ0v) is 29.3. The Morgan fingerprint density at radius 1 is 0.800 bits per heavy atom. The number of ether oxygens (including phenoxy) is 6. The van der Waals surface area contributed by atoms with E-state index in [0.717, 1.165) is 43.0 Å². The highest BCUT2D eigenvalue weighted by atomic mass is 35.6. The van der Waals surface area contributed by atoms with Crippen LogP contribution >= 0.6 is 34.8 Å². The Morgan fingerprint density at radius 2 is 1.38 bits per heavy atom. The highest BCUT2D eigenvalue weighted by Gasteiger charge is 2.68. The molecule has 1 aliphatic heterocycles. The monoisotopic (exact) mass is 760 g/mol. The van der Waals surface area contributed by atoms with Gasteiger partial charge in [-0.2, -0.15) is 0 Å². The minimum atomic E-state index is -3.18. The second kappa shape index (κ2) is 16.0. The third kappa shape index (κ3) is 9.27. The first kappa shape index (κ1) is 38.9. The maximum atomic E-state index is 12.9. The minimum absolute atomic E-state index is 0.0375. The van der Waals surface area contributed by atoms with Gasteiger partial charge in [-0.25, -0.2) is 9.59 Å². The van der Waals surface area contributed by atoms with Crippen molar-refractivity contribution in [3.63, 3.8) is 0 Å². The molecule has 1 unspecified atom stereocenters. The van der Waals surface area contributed by atoms with Crippen LogP contribution in [0.1, 0.15) is 44.2 Å². The molecule has 2 amide bonds. The summed E-state index contributed by atoms with van der Waals surface area (Å²) in [6, 6.07) is 15.4. The van der Waals surface area contributed by atoms with Crippen molar-refractivity contribution in [1.29, 1.82) is 0 Å². The number of carbonyl (C=O) groups excluding carboxylic acids is 5. The van der Waals surface area contributed by atoms with E-state index < -0.39 is 89.9 Å². The number of alkyl carbamates (subject to hydrolysis) is 2. The van der Waals surface area contributed by atoms with Gasteiger partial charge in [0.25, 0.3) is 0 Å². The predicted molar refractivity (Wildman–Crippen MR) is 175 cm³/mol. The van der Waals surface area contributed by atoms with Crippen LogP contribution in [0.2, 0.25) is 0 Å². The summed E-state index contributed by atoms with van der Waals surface area (Å²) in [6.45, 7) is 0.950. The summed E-state index contributed by atoms with van der Waals surface area (Å²) in [5, 5.41) is 28.2. The molecule has 4 rings (SSSR count). The second-order valence-corrected chi connectivity index (χ2v) is 13.9. The number of esters is 3. The van der Waals surface area contributed by atoms with Crippen molar-refractivity contribution in [2.45, 2.75) is 66.7 Å². The number of nitrogens with one attached hydrogen (secondary N) is 2. The largest absolute Gasteiger partial charge is 0.463 e. The normalized spacial score (nSPS) is 24.2. The van der Waals surface area contributed by atoms with Crippen molar-refractivity contribution >= 4 is 64.9 Å². The number of hydrogen-bond donors (Lipinski definition) is 4. The molecule has 0 bridgehead atoms. The lowest BCUT2D eigenvalue weighted by Crippen LogP contribution is -2.80. The molecule has 0 saturated carbocycles. The van der Waals surface area contributed by atoms with E-state index in [2.05, 4.69) is 5.32 Å². The summed E-state index contributed by atoms with van der Waals surface area (Å²) in [5.41, 5.74) is 0.805. The van der Waals surface area contributed by atoms with Crippen molar-refractivity contribution in [2.75, 3.05) is 26.4 Å². The fourth-order valence-electron chi connectivity index (χ4n) is 5.79. The molecule has 5 atom stereocenters. The van der Waals surface area contributed by atoms with Gasteiger partial charge in [0, 0.05) is 39.7 Å². The molecule has 2 aromatic carbocycles. The van der Waals surface area contributed by atoms with Crippen LogP contribution in [0.3, 0.4) is 0 Å². The lowest BCUT2D eigenvalue weighted by Gasteiger charge is -2.54. The first-order chi connectivity index (χ1) is 23.4. The van der Waals surface area contributed by atoms with Gasteiger partial charge >= 0.3 is 30.1 Å². The Bertz CT molecular complexity index is 1560. The number of rotatable bonds is 11. The molecule has 2 aliphatic rings. The van der Waals surface area contributed by atoms with Crippen LogP contribution in [0.25, 0.3) is 11.1 Å². The Labute approximate surface area is 301 Å². The van der Waals surface area contributed by atoms with Crippen LogP contribution in [-0.2, 0) is 42.8 Å². The maximum Gasteiger partial charge on any atom is 0.409 e. The van der Waals surface area contributed by atoms with Gasteiger partial charge in [-0.05, 0) is 22.3 Å². The van der Waals surface area contributed by atoms with E-state index in [4.69, 9.17) is 63.2 Å². The van der Waals surface area contributed by atoms with Crippen LogP contribution in [0.5, 0.6) is 0 Å². The van der Waals surface area contributed by atoms with Gasteiger partial charge in [-0.15, -0.1) is 0 Å². The number of hydrogen-bond acceptors (Lipinski definition) is 13. The first-order valence-corrected chi connectivity index (χ1v) is 16.3. The summed E-state index contributed by atoms with van der Waals surface area (Å²) < 4.78 is 29.5. The molecule has 4 N–H and O–H groups in total. The molecule has 0 aromatic heterocycles. The summed E-state index contributed by atoms with van der Waals surface area (Å²) in [5.74, 6) is -6.06. The van der Waals surface area contributed by atoms with Gasteiger partial charge in [-0.1, -0.05) is 83.3 Å². The Kier molecular flexibility index (Phi) is 12.5. The zero-order valence-electron chi connectivity index (χ0n) is 27.0. The maximum absolute atomic E-state index is 12.9. The lowest BCUT2D eigenvalue weighted by molar-refractivity contribution is -0.396. The van der Waals surface area contributed by atoms with E-state index in [1.165, 1.54) is 0 Å². The molecule has 0 radical (unpaired) electrons. The molecule has 2 aromatic rings. The van der Waals surface area contributed by atoms with Crippen molar-refractivity contribution < 1.29 is 62.6 Å². The molecule has 15 nitrogen and oxygen atoms in total. The first-order valence-electron chi connectivity index (χ1n) is 15.1. The molecular weight excluding hydrogens is 727 g/mol. The molecule has 1 heterocycles. The van der Waals surface area contributed by atoms with Gasteiger partial charge < -0.3 is 44.0 Å². The SMILES string of the molecule is CC(=O)OC[C@H]1O[C@](O)(CCNC(=O)OCC2c3ccccc3-c3ccccc32)C(O)(NC(=O)OCC(Cl)(Cl)Cl)[C@@H](OC(C)=O)[C@H]1OC(C)=O. The number of fused-ring (bicyclic) bond motifs is 3. The molecule has 272 valence electrons. The molecule has 1 aliphatic carbocycles. The minimum Gasteiger partial charge on any atom is -0.463 e. The van der Waals surface area contributed by atoms with Crippen LogP contribution in [0.15, 0.2) is 48.5 Å². The van der Waals surface area contributed by atoms with E-state index in [1.54, 1.807) is 0 Å². The highest BCUT2D eigenvalue weighted by molar-refractivity contribution is 6.67. The average molecular weight is 762 g/mol. The van der Waals surface area contributed by atoms with Crippen LogP contribution in [0, 0.1) is 0 Å². The average Bonchev–Trinajstić information content (AvgIpc) is 3.35. The quantitative estimate of drug-likeness (QED) is 0.113. The Morgan fingerprint density at radius 3 is 1.92 bits per heavy atom. The van der Waals surface area contributed by atoms with E-state index >= 15 is 0 Å². The van der Waals surface area contributed by atoms with E-state index in [9.17, 15) is 34.2 Å². The smallest absolute Gasteiger partial charge is 0.409 e. The number of alkyl halides is 3. The molecule has 50 heavy (non-hydrogen) atoms. The summed E-state index contributed by atoms with van der Waals surface area (Å²) in [4.78, 5) is 61.7. The molecule has 1 fully saturated rings. The predicted octanol–water partition coefficient (Wildman–Crippen LogP) is 3.21. The lowest BCUT2D eigenvalue weighted by atomic mass is 9.84. The summed E-state index contributed by atoms with van der Waals surface area (Å²) >= 11 is 17.0. The van der Waals surface area contributed by atoms with Crippen molar-refractivity contribution in [2.24, 2.45) is 0 Å². The number of carbonyl (C=O) groups is 5. The number of aliphatic hydroxyl groups is 2. The number of amides is 2. The topological polar surface area (TPSA) is 205 Å². The number of halogens is 3. The van der Waals surface area contributed by atoms with Gasteiger partial charge in [0.05, 0.1) is 0 Å². The molecule has 0 spiro atoms. The van der Waals surface area contributed by atoms with E-state index in [0.29, 0.717) is 0 Å². The van der Waals surface area contributed by atoms with Crippen molar-refractivity contribution in [3.8, 4) is 11.1 Å². The van der Waals surface area contributed by atoms with E-state index in [1.807, 2.05) is 53.8 Å². The van der Waals surface area contributed by atoms with Crippen molar-refractivity contribution in [3.05, 3.63) is 59.7 Å². The third-order valence-corrected chi connectivity index (χ3v) is 8.13. The Hall–Kier alpha value is -3.86. The number of benzene rings is 2. The zero-order chi connectivity index (χ0) is 36.9. The third-order valence-electron chi connectivity index (χ3n) is 7.80. The summed E-state index contributed by atoms with van der Waals surface area (Å²) in [6.07, 6.45) is -8.65. The molecule has 1 saturated heterocycles. The fraction of sp³-hybridized carbons (Fsp3) is 0.469. The summed E-state index contributed by atoms with van der Waals surface area (Å²) in [7, 11) is 0. The van der Waals surface area contributed by atoms with Crippen molar-refractivity contribution in [1.82, 2.24) is 10.6 Å².